The van der Waals surface area contributed by atoms with Crippen LogP contribution in [0.5, 0.6) is 5.75 Å². The molecule has 1 aromatic carbocycles. The number of thioether (sulfide) groups is 1. The Balaban J connectivity index is 1.87. The number of carbonyl (C=O) groups excluding carboxylic acids is 1. The summed E-state index contributed by atoms with van der Waals surface area (Å²) in [6.07, 6.45) is -0.0895. The molecule has 39 heavy (non-hydrogen) atoms. The number of benzene rings is 1. The third-order valence-electron chi connectivity index (χ3n) is 5.58. The predicted molar refractivity (Wildman–Crippen MR) is 147 cm³/mol. The zero-order chi connectivity index (χ0) is 28.8. The van der Waals surface area contributed by atoms with Gasteiger partial charge < -0.3 is 18.7 Å². The van der Waals surface area contributed by atoms with Gasteiger partial charge in [-0.2, -0.15) is 5.09 Å². The molecule has 0 radical (unpaired) electrons. The van der Waals surface area contributed by atoms with Crippen molar-refractivity contribution in [3.63, 3.8) is 0 Å². The highest BCUT2D eigenvalue weighted by Gasteiger charge is 2.55. The molecule has 0 amide bonds. The number of carbonyl (C=O) groups is 1. The van der Waals surface area contributed by atoms with Gasteiger partial charge in [0.1, 0.15) is 28.9 Å². The van der Waals surface area contributed by atoms with Gasteiger partial charge in [-0.1, -0.05) is 18.2 Å². The average Bonchev–Trinajstić information content (AvgIpc) is 3.10. The van der Waals surface area contributed by atoms with Gasteiger partial charge in [-0.15, -0.1) is 23.4 Å². The van der Waals surface area contributed by atoms with Crippen LogP contribution in [-0.4, -0.2) is 63.5 Å². The van der Waals surface area contributed by atoms with E-state index in [0.29, 0.717) is 0 Å². The van der Waals surface area contributed by atoms with Crippen LogP contribution in [0.25, 0.3) is 0 Å². The molecule has 2 N–H and O–H groups in total. The molecule has 2 heterocycles. The first-order valence-electron chi connectivity index (χ1n) is 12.1. The van der Waals surface area contributed by atoms with Crippen molar-refractivity contribution in [2.45, 2.75) is 63.2 Å². The Morgan fingerprint density at radius 2 is 1.95 bits per heavy atom. The number of ether oxygens (including phenoxy) is 3. The van der Waals surface area contributed by atoms with E-state index in [1.165, 1.54) is 30.9 Å². The lowest BCUT2D eigenvalue weighted by molar-refractivity contribution is -0.149. The molecule has 1 aliphatic heterocycles. The van der Waals surface area contributed by atoms with Gasteiger partial charge in [0.25, 0.3) is 5.56 Å². The number of hydrogen-bond donors (Lipinski definition) is 2. The molecule has 1 saturated heterocycles. The Bertz CT molecular complexity index is 1270. The zero-order valence-electron chi connectivity index (χ0n) is 22.2. The van der Waals surface area contributed by atoms with E-state index in [1.54, 1.807) is 51.1 Å². The van der Waals surface area contributed by atoms with E-state index in [1.807, 2.05) is 6.26 Å². The maximum Gasteiger partial charge on any atom is 0.459 e. The molecule has 3 rings (SSSR count). The van der Waals surface area contributed by atoms with E-state index in [2.05, 4.69) is 10.1 Å². The Morgan fingerprint density at radius 1 is 1.26 bits per heavy atom. The van der Waals surface area contributed by atoms with Gasteiger partial charge in [0.05, 0.1) is 18.6 Å². The third-order valence-corrected chi connectivity index (χ3v) is 8.00. The molecule has 1 aliphatic rings. The van der Waals surface area contributed by atoms with Crippen molar-refractivity contribution in [3.8, 4) is 5.75 Å². The second kappa shape index (κ2) is 13.5. The SMILES string of the molecule is CSCO[C@@H]1[C@@H](CO[P@@](=O)(N[C@@H](C)C(=O)OC(C)C)Oc2ccccc2)O[C@@H](n2ccc(=O)[nH]c2=O)[C@]1(C)Cl. The van der Waals surface area contributed by atoms with E-state index < -0.39 is 54.3 Å². The van der Waals surface area contributed by atoms with Gasteiger partial charge in [-0.25, -0.2) is 9.36 Å². The number of nitrogens with zero attached hydrogens (tertiary/aromatic N) is 1. The standard InChI is InChI=1S/C24H33ClN3O9PS/c1-15(2)35-21(30)16(3)27-38(32,37-17-9-7-6-8-10-17)34-13-18-20(33-14-39-5)24(4,25)22(36-18)28-12-11-19(29)26-23(28)31/h6-12,15-16,18,20,22H,13-14H2,1-5H3,(H,27,32)(H,26,29,31)/t16-,18+,20+,22+,24+,38-/m0/s1. The third kappa shape index (κ3) is 8.20. The van der Waals surface area contributed by atoms with Crippen molar-refractivity contribution in [3.05, 3.63) is 63.4 Å². The van der Waals surface area contributed by atoms with Crippen LogP contribution in [0.1, 0.15) is 33.9 Å². The molecule has 0 aliphatic carbocycles. The van der Waals surface area contributed by atoms with Gasteiger partial charge in [0.2, 0.25) is 0 Å². The molecular weight excluding hydrogens is 573 g/mol. The summed E-state index contributed by atoms with van der Waals surface area (Å²) in [6, 6.07) is 8.43. The number of esters is 1. The minimum Gasteiger partial charge on any atom is -0.462 e. The van der Waals surface area contributed by atoms with Crippen molar-refractivity contribution in [2.24, 2.45) is 0 Å². The topological polar surface area (TPSA) is 147 Å². The number of hydrogen-bond acceptors (Lipinski definition) is 10. The van der Waals surface area contributed by atoms with Crippen LogP contribution in [0.4, 0.5) is 0 Å². The van der Waals surface area contributed by atoms with Gasteiger partial charge in [-0.05, 0) is 46.1 Å². The molecule has 2 aromatic rings. The Kier molecular flexibility index (Phi) is 10.9. The number of aromatic amines is 1. The molecular formula is C24H33ClN3O9PS. The largest absolute Gasteiger partial charge is 0.462 e. The summed E-state index contributed by atoms with van der Waals surface area (Å²) in [4.78, 5) is 37.4. The average molecular weight is 606 g/mol. The number of nitrogens with one attached hydrogen (secondary N) is 2. The molecule has 6 atom stereocenters. The van der Waals surface area contributed by atoms with E-state index >= 15 is 0 Å². The number of alkyl halides is 1. The Labute approximate surface area is 235 Å². The summed E-state index contributed by atoms with van der Waals surface area (Å²) >= 11 is 8.29. The molecule has 1 aromatic heterocycles. The van der Waals surface area contributed by atoms with Gasteiger partial charge >= 0.3 is 19.4 Å². The lowest BCUT2D eigenvalue weighted by Crippen LogP contribution is -2.44. The van der Waals surface area contributed by atoms with Crippen molar-refractivity contribution < 1.29 is 32.6 Å². The van der Waals surface area contributed by atoms with Crippen LogP contribution in [0.3, 0.4) is 0 Å². The summed E-state index contributed by atoms with van der Waals surface area (Å²) in [5, 5.41) is 2.62. The number of rotatable bonds is 13. The smallest absolute Gasteiger partial charge is 0.459 e. The molecule has 0 spiro atoms. The minimum atomic E-state index is -4.20. The summed E-state index contributed by atoms with van der Waals surface area (Å²) in [5.41, 5.74) is -1.29. The summed E-state index contributed by atoms with van der Waals surface area (Å²) in [7, 11) is -4.20. The van der Waals surface area contributed by atoms with Crippen molar-refractivity contribution in [1.82, 2.24) is 14.6 Å². The molecule has 15 heteroatoms. The fourth-order valence-corrected chi connectivity index (χ4v) is 6.01. The second-order valence-electron chi connectivity index (χ2n) is 9.22. The summed E-state index contributed by atoms with van der Waals surface area (Å²) in [6.45, 7) is 6.14. The van der Waals surface area contributed by atoms with Gasteiger partial charge in [0.15, 0.2) is 6.23 Å². The van der Waals surface area contributed by atoms with Crippen LogP contribution in [0, 0.1) is 0 Å². The van der Waals surface area contributed by atoms with Crippen LogP contribution < -0.4 is 20.9 Å². The van der Waals surface area contributed by atoms with Crippen molar-refractivity contribution >= 4 is 37.1 Å². The number of aromatic nitrogens is 2. The number of H-pyrrole nitrogens is 1. The summed E-state index contributed by atoms with van der Waals surface area (Å²) < 4.78 is 43.7. The molecule has 0 bridgehead atoms. The highest BCUT2D eigenvalue weighted by molar-refractivity contribution is 7.98. The van der Waals surface area contributed by atoms with Crippen LogP contribution in [0.2, 0.25) is 0 Å². The van der Waals surface area contributed by atoms with Gasteiger partial charge in [-0.3, -0.25) is 23.7 Å². The van der Waals surface area contributed by atoms with Crippen LogP contribution in [-0.2, 0) is 28.1 Å². The van der Waals surface area contributed by atoms with Crippen molar-refractivity contribution in [2.75, 3.05) is 18.8 Å². The molecule has 216 valence electrons. The van der Waals surface area contributed by atoms with E-state index in [9.17, 15) is 18.9 Å². The molecule has 1 fully saturated rings. The fraction of sp³-hybridized carbons (Fsp3) is 0.542. The molecule has 12 nitrogen and oxygen atoms in total. The minimum absolute atomic E-state index is 0.236. The highest BCUT2D eigenvalue weighted by atomic mass is 35.5. The number of halogens is 1. The Morgan fingerprint density at radius 3 is 2.56 bits per heavy atom. The van der Waals surface area contributed by atoms with Gasteiger partial charge in [0, 0.05) is 12.3 Å². The first-order chi connectivity index (χ1) is 18.4. The lowest BCUT2D eigenvalue weighted by atomic mass is 10.0. The fourth-order valence-electron chi connectivity index (χ4n) is 3.87. The first-order valence-corrected chi connectivity index (χ1v) is 15.4. The maximum atomic E-state index is 13.9. The normalized spacial score (nSPS) is 25.3. The van der Waals surface area contributed by atoms with Crippen molar-refractivity contribution in [1.29, 1.82) is 0 Å². The maximum absolute atomic E-state index is 13.9. The number of para-hydroxylation sites is 1. The second-order valence-corrected chi connectivity index (χ2v) is 12.5. The molecule has 0 unspecified atom stereocenters. The lowest BCUT2D eigenvalue weighted by Gasteiger charge is -2.29. The van der Waals surface area contributed by atoms with Crippen LogP contribution >= 0.6 is 31.1 Å². The van der Waals surface area contributed by atoms with Crippen LogP contribution in [0.15, 0.2) is 52.2 Å². The first kappa shape index (κ1) is 31.4. The predicted octanol–water partition coefficient (Wildman–Crippen LogP) is 3.27. The van der Waals surface area contributed by atoms with E-state index in [0.717, 1.165) is 4.57 Å². The van der Waals surface area contributed by atoms with E-state index in [4.69, 9.17) is 34.9 Å². The molecule has 0 saturated carbocycles. The quantitative estimate of drug-likeness (QED) is 0.150. The highest BCUT2D eigenvalue weighted by Crippen LogP contribution is 2.49. The zero-order valence-corrected chi connectivity index (χ0v) is 24.7. The Hall–Kier alpha value is -2.12. The summed E-state index contributed by atoms with van der Waals surface area (Å²) in [5.74, 6) is -0.163. The van der Waals surface area contributed by atoms with E-state index in [-0.39, 0.29) is 24.4 Å². The monoisotopic (exact) mass is 605 g/mol.